The molecule has 1 aromatic heterocycles. The molecule has 1 saturated carbocycles. The Morgan fingerprint density at radius 2 is 2.50 bits per heavy atom. The van der Waals surface area contributed by atoms with Gasteiger partial charge in [-0.25, -0.2) is 0 Å². The Labute approximate surface area is 107 Å². The number of terminal acetylenes is 1. The summed E-state index contributed by atoms with van der Waals surface area (Å²) in [6, 6.07) is -0.675. The fraction of sp³-hybridized carbons (Fsp3) is 0.538. The Hall–Kier alpha value is -1.80. The van der Waals surface area contributed by atoms with E-state index in [1.165, 1.54) is 12.8 Å². The normalized spacial score (nSPS) is 16.1. The maximum atomic E-state index is 12.3. The molecule has 1 heterocycles. The van der Waals surface area contributed by atoms with Gasteiger partial charge in [0.2, 0.25) is 5.91 Å². The molecule has 0 aliphatic heterocycles. The number of carbonyl (C=O) groups excluding carboxylic acids is 1. The molecular weight excluding hydrogens is 228 g/mol. The zero-order chi connectivity index (χ0) is 13.1. The third kappa shape index (κ3) is 2.90. The first-order valence-electron chi connectivity index (χ1n) is 6.08. The van der Waals surface area contributed by atoms with Crippen molar-refractivity contribution in [3.05, 3.63) is 18.0 Å². The number of rotatable bonds is 5. The third-order valence-corrected chi connectivity index (χ3v) is 3.12. The van der Waals surface area contributed by atoms with Crippen LogP contribution in [0.25, 0.3) is 0 Å². The minimum Gasteiger partial charge on any atom is -0.330 e. The number of nitrogens with two attached hydrogens (primary N) is 1. The summed E-state index contributed by atoms with van der Waals surface area (Å²) in [5.41, 5.74) is 6.69. The minimum atomic E-state index is -0.675. The Morgan fingerprint density at radius 3 is 3.00 bits per heavy atom. The average Bonchev–Trinajstić information content (AvgIpc) is 3.07. The fourth-order valence-corrected chi connectivity index (χ4v) is 1.89. The summed E-state index contributed by atoms with van der Waals surface area (Å²) >= 11 is 0. The van der Waals surface area contributed by atoms with Gasteiger partial charge in [0.25, 0.3) is 0 Å². The number of hydrogen-bond donors (Lipinski definition) is 1. The first-order chi connectivity index (χ1) is 8.61. The van der Waals surface area contributed by atoms with E-state index < -0.39 is 6.04 Å². The molecule has 5 heteroatoms. The Morgan fingerprint density at radius 1 is 1.78 bits per heavy atom. The lowest BCUT2D eigenvalue weighted by Gasteiger charge is -2.23. The minimum absolute atomic E-state index is 0.118. The van der Waals surface area contributed by atoms with Crippen LogP contribution in [0.15, 0.2) is 12.4 Å². The molecule has 0 aromatic carbocycles. The van der Waals surface area contributed by atoms with Crippen molar-refractivity contribution >= 4 is 5.91 Å². The van der Waals surface area contributed by atoms with Crippen LogP contribution in [-0.2, 0) is 11.8 Å². The van der Waals surface area contributed by atoms with E-state index in [9.17, 15) is 4.79 Å². The lowest BCUT2D eigenvalue weighted by Crippen LogP contribution is -2.40. The van der Waals surface area contributed by atoms with Crippen molar-refractivity contribution in [2.45, 2.75) is 18.9 Å². The SMILES string of the molecule is C#CCN(CC1CC1)C(=O)C(N)c1cnn(C)c1. The molecule has 2 rings (SSSR count). The van der Waals surface area contributed by atoms with Gasteiger partial charge in [-0.1, -0.05) is 5.92 Å². The van der Waals surface area contributed by atoms with E-state index in [1.807, 2.05) is 0 Å². The maximum absolute atomic E-state index is 12.3. The number of aromatic nitrogens is 2. The lowest BCUT2D eigenvalue weighted by atomic mass is 10.1. The van der Waals surface area contributed by atoms with Gasteiger partial charge in [0.15, 0.2) is 0 Å². The highest BCUT2D eigenvalue weighted by Crippen LogP contribution is 2.30. The van der Waals surface area contributed by atoms with E-state index >= 15 is 0 Å². The van der Waals surface area contributed by atoms with Crippen LogP contribution in [0.5, 0.6) is 0 Å². The topological polar surface area (TPSA) is 64.2 Å². The monoisotopic (exact) mass is 246 g/mol. The summed E-state index contributed by atoms with van der Waals surface area (Å²) in [5, 5.41) is 4.02. The smallest absolute Gasteiger partial charge is 0.244 e. The van der Waals surface area contributed by atoms with Gasteiger partial charge in [0, 0.05) is 25.4 Å². The molecule has 1 aliphatic rings. The van der Waals surface area contributed by atoms with Gasteiger partial charge in [0.05, 0.1) is 12.7 Å². The van der Waals surface area contributed by atoms with Crippen LogP contribution in [0.4, 0.5) is 0 Å². The number of aryl methyl sites for hydroxylation is 1. The van der Waals surface area contributed by atoms with Crippen LogP contribution in [0, 0.1) is 18.3 Å². The standard InChI is InChI=1S/C13H18N4O/c1-3-6-17(8-10-4-5-10)13(18)12(14)11-7-15-16(2)9-11/h1,7,9-10,12H,4-6,8,14H2,2H3. The van der Waals surface area contributed by atoms with E-state index in [4.69, 9.17) is 12.2 Å². The van der Waals surface area contributed by atoms with Gasteiger partial charge >= 0.3 is 0 Å². The van der Waals surface area contributed by atoms with Crippen molar-refractivity contribution in [3.8, 4) is 12.3 Å². The highest BCUT2D eigenvalue weighted by Gasteiger charge is 2.29. The van der Waals surface area contributed by atoms with Crippen LogP contribution in [0.3, 0.4) is 0 Å². The van der Waals surface area contributed by atoms with Crippen LogP contribution in [0.2, 0.25) is 0 Å². The average molecular weight is 246 g/mol. The maximum Gasteiger partial charge on any atom is 0.244 e. The van der Waals surface area contributed by atoms with Crippen molar-refractivity contribution in [2.24, 2.45) is 18.7 Å². The molecule has 1 aliphatic carbocycles. The number of nitrogens with zero attached hydrogens (tertiary/aromatic N) is 3. The van der Waals surface area contributed by atoms with Gasteiger partial charge in [-0.2, -0.15) is 5.10 Å². The summed E-state index contributed by atoms with van der Waals surface area (Å²) in [4.78, 5) is 14.0. The largest absolute Gasteiger partial charge is 0.330 e. The molecule has 0 bridgehead atoms. The second-order valence-corrected chi connectivity index (χ2v) is 4.79. The Bertz CT molecular complexity index is 470. The zero-order valence-corrected chi connectivity index (χ0v) is 10.5. The molecule has 1 unspecified atom stereocenters. The number of hydrogen-bond acceptors (Lipinski definition) is 3. The molecule has 18 heavy (non-hydrogen) atoms. The van der Waals surface area contributed by atoms with Crippen molar-refractivity contribution in [1.29, 1.82) is 0 Å². The van der Waals surface area contributed by atoms with E-state index in [0.717, 1.165) is 12.1 Å². The Kier molecular flexibility index (Phi) is 3.68. The van der Waals surface area contributed by atoms with Crippen LogP contribution >= 0.6 is 0 Å². The molecule has 0 radical (unpaired) electrons. The molecule has 1 aromatic rings. The first kappa shape index (κ1) is 12.7. The van der Waals surface area contributed by atoms with Crippen LogP contribution < -0.4 is 5.73 Å². The molecule has 1 fully saturated rings. The third-order valence-electron chi connectivity index (χ3n) is 3.12. The van der Waals surface area contributed by atoms with Crippen molar-refractivity contribution in [3.63, 3.8) is 0 Å². The number of amides is 1. The van der Waals surface area contributed by atoms with E-state index in [2.05, 4.69) is 11.0 Å². The number of carbonyl (C=O) groups is 1. The first-order valence-corrected chi connectivity index (χ1v) is 6.08. The highest BCUT2D eigenvalue weighted by molar-refractivity contribution is 5.83. The molecule has 1 atom stereocenters. The van der Waals surface area contributed by atoms with E-state index in [1.54, 1.807) is 29.0 Å². The van der Waals surface area contributed by atoms with Gasteiger partial charge in [-0.3, -0.25) is 9.48 Å². The van der Waals surface area contributed by atoms with Crippen LogP contribution in [0.1, 0.15) is 24.4 Å². The van der Waals surface area contributed by atoms with E-state index in [0.29, 0.717) is 12.5 Å². The molecule has 0 saturated heterocycles. The predicted octanol–water partition coefficient (Wildman–Crippen LogP) is 0.292. The fourth-order valence-electron chi connectivity index (χ4n) is 1.89. The summed E-state index contributed by atoms with van der Waals surface area (Å²) in [5.74, 6) is 3.00. The van der Waals surface area contributed by atoms with Gasteiger partial charge in [-0.05, 0) is 18.8 Å². The molecule has 96 valence electrons. The quantitative estimate of drug-likeness (QED) is 0.760. The molecule has 5 nitrogen and oxygen atoms in total. The van der Waals surface area contributed by atoms with E-state index in [-0.39, 0.29) is 5.91 Å². The molecule has 1 amide bonds. The van der Waals surface area contributed by atoms with Gasteiger partial charge in [0.1, 0.15) is 6.04 Å². The summed E-state index contributed by atoms with van der Waals surface area (Å²) in [7, 11) is 1.80. The lowest BCUT2D eigenvalue weighted by molar-refractivity contribution is -0.132. The van der Waals surface area contributed by atoms with Gasteiger partial charge < -0.3 is 10.6 Å². The van der Waals surface area contributed by atoms with Crippen molar-refractivity contribution < 1.29 is 4.79 Å². The zero-order valence-electron chi connectivity index (χ0n) is 10.5. The van der Waals surface area contributed by atoms with Crippen LogP contribution in [-0.4, -0.2) is 33.7 Å². The second-order valence-electron chi connectivity index (χ2n) is 4.79. The molecule has 0 spiro atoms. The van der Waals surface area contributed by atoms with Gasteiger partial charge in [-0.15, -0.1) is 6.42 Å². The molecule has 2 N–H and O–H groups in total. The van der Waals surface area contributed by atoms with Crippen molar-refractivity contribution in [2.75, 3.05) is 13.1 Å². The Balaban J connectivity index is 2.04. The summed E-state index contributed by atoms with van der Waals surface area (Å²) in [6.45, 7) is 1.04. The summed E-state index contributed by atoms with van der Waals surface area (Å²) < 4.78 is 1.63. The molecular formula is C13H18N4O. The van der Waals surface area contributed by atoms with Crippen molar-refractivity contribution in [1.82, 2.24) is 14.7 Å². The predicted molar refractivity (Wildman–Crippen MR) is 68.3 cm³/mol. The highest BCUT2D eigenvalue weighted by atomic mass is 16.2. The summed E-state index contributed by atoms with van der Waals surface area (Å²) in [6.07, 6.45) is 11.0. The second kappa shape index (κ2) is 5.23.